The molecule has 11 heteroatoms. The summed E-state index contributed by atoms with van der Waals surface area (Å²) in [5, 5.41) is 10.2. The molecule has 0 spiro atoms. The van der Waals surface area contributed by atoms with Crippen LogP contribution in [0.25, 0.3) is 6.08 Å². The van der Waals surface area contributed by atoms with E-state index < -0.39 is 29.9 Å². The number of amides is 1. The van der Waals surface area contributed by atoms with Crippen molar-refractivity contribution < 1.29 is 33.4 Å². The number of hydrogen-bond donors (Lipinski definition) is 3. The Labute approximate surface area is 254 Å². The van der Waals surface area contributed by atoms with Crippen LogP contribution in [-0.2, 0) is 19.1 Å². The van der Waals surface area contributed by atoms with E-state index in [1.165, 1.54) is 11.8 Å². The summed E-state index contributed by atoms with van der Waals surface area (Å²) < 4.78 is 15.6. The van der Waals surface area contributed by atoms with Crippen molar-refractivity contribution in [1.29, 1.82) is 5.41 Å². The van der Waals surface area contributed by atoms with Crippen molar-refractivity contribution in [3.8, 4) is 5.75 Å². The van der Waals surface area contributed by atoms with Crippen LogP contribution in [0.5, 0.6) is 5.75 Å². The Bertz CT molecular complexity index is 1500. The molecule has 1 atom stereocenters. The molecule has 0 aliphatic carbocycles. The molecule has 0 unspecified atom stereocenters. The molecule has 0 aromatic heterocycles. The van der Waals surface area contributed by atoms with Crippen LogP contribution in [-0.4, -0.2) is 54.7 Å². The van der Waals surface area contributed by atoms with E-state index in [1.807, 2.05) is 0 Å². The molecule has 3 aromatic rings. The standard InChI is InChI=1S/C32H33N3O7S/c1-4-40-31(38)25-8-6-7-9-27(25)43-19-26(32(39)41-5-2)35-29(36)20(3)18-21-10-12-23(13-11-21)30(37)42-24-16-14-22(15-17-24)28(33)34/h6-18,26H,4-5,19H2,1-3H3,(H3,33,34)(H,35,36)/b20-18+/t26-/m0/s1. The second-order valence-electron chi connectivity index (χ2n) is 9.08. The molecule has 0 saturated carbocycles. The Morgan fingerprint density at radius 3 is 2.14 bits per heavy atom. The first-order chi connectivity index (χ1) is 20.6. The van der Waals surface area contributed by atoms with E-state index in [4.69, 9.17) is 25.4 Å². The maximum absolute atomic E-state index is 13.0. The van der Waals surface area contributed by atoms with Crippen molar-refractivity contribution >= 4 is 47.5 Å². The predicted molar refractivity (Wildman–Crippen MR) is 164 cm³/mol. The number of carbonyl (C=O) groups is 4. The van der Waals surface area contributed by atoms with Gasteiger partial charge < -0.3 is 25.3 Å². The minimum Gasteiger partial charge on any atom is -0.464 e. The smallest absolute Gasteiger partial charge is 0.343 e. The average Bonchev–Trinajstić information content (AvgIpc) is 3.00. The van der Waals surface area contributed by atoms with Crippen LogP contribution in [0, 0.1) is 5.41 Å². The van der Waals surface area contributed by atoms with Gasteiger partial charge in [0.15, 0.2) is 0 Å². The third-order valence-electron chi connectivity index (χ3n) is 5.93. The first kappa shape index (κ1) is 32.6. The summed E-state index contributed by atoms with van der Waals surface area (Å²) in [4.78, 5) is 51.1. The average molecular weight is 604 g/mol. The second kappa shape index (κ2) is 15.9. The van der Waals surface area contributed by atoms with Crippen LogP contribution in [0.1, 0.15) is 52.6 Å². The summed E-state index contributed by atoms with van der Waals surface area (Å²) in [6.07, 6.45) is 1.62. The lowest BCUT2D eigenvalue weighted by atomic mass is 10.1. The van der Waals surface area contributed by atoms with Gasteiger partial charge in [0.25, 0.3) is 0 Å². The lowest BCUT2D eigenvalue weighted by Gasteiger charge is -2.18. The largest absolute Gasteiger partial charge is 0.464 e. The normalized spacial score (nSPS) is 11.7. The molecule has 3 aromatic carbocycles. The number of rotatable bonds is 13. The highest BCUT2D eigenvalue weighted by atomic mass is 32.2. The third kappa shape index (κ3) is 9.57. The Morgan fingerprint density at radius 2 is 1.51 bits per heavy atom. The van der Waals surface area contributed by atoms with Gasteiger partial charge in [0, 0.05) is 21.8 Å². The Kier molecular flexibility index (Phi) is 12.1. The van der Waals surface area contributed by atoms with Crippen molar-refractivity contribution in [2.45, 2.75) is 31.7 Å². The van der Waals surface area contributed by atoms with Crippen LogP contribution < -0.4 is 15.8 Å². The van der Waals surface area contributed by atoms with Crippen LogP contribution >= 0.6 is 11.8 Å². The highest BCUT2D eigenvalue weighted by molar-refractivity contribution is 7.99. The molecule has 0 fully saturated rings. The van der Waals surface area contributed by atoms with Gasteiger partial charge >= 0.3 is 17.9 Å². The molecular formula is C32H33N3O7S. The van der Waals surface area contributed by atoms with Crippen LogP contribution in [0.3, 0.4) is 0 Å². The molecule has 43 heavy (non-hydrogen) atoms. The van der Waals surface area contributed by atoms with Gasteiger partial charge in [-0.15, -0.1) is 11.8 Å². The quantitative estimate of drug-likeness (QED) is 0.0634. The minimum atomic E-state index is -0.974. The van der Waals surface area contributed by atoms with E-state index in [-0.39, 0.29) is 24.8 Å². The number of benzene rings is 3. The first-order valence-corrected chi connectivity index (χ1v) is 14.4. The monoisotopic (exact) mass is 603 g/mol. The van der Waals surface area contributed by atoms with Gasteiger partial charge in [-0.25, -0.2) is 14.4 Å². The fraction of sp³-hybridized carbons (Fsp3) is 0.219. The molecule has 0 aliphatic heterocycles. The van der Waals surface area contributed by atoms with Gasteiger partial charge in [-0.2, -0.15) is 0 Å². The van der Waals surface area contributed by atoms with Crippen molar-refractivity contribution in [2.75, 3.05) is 19.0 Å². The second-order valence-corrected chi connectivity index (χ2v) is 10.1. The van der Waals surface area contributed by atoms with E-state index >= 15 is 0 Å². The molecule has 224 valence electrons. The lowest BCUT2D eigenvalue weighted by molar-refractivity contribution is -0.146. The number of nitrogens with two attached hydrogens (primary N) is 1. The van der Waals surface area contributed by atoms with Crippen molar-refractivity contribution in [1.82, 2.24) is 5.32 Å². The highest BCUT2D eigenvalue weighted by Gasteiger charge is 2.24. The number of thioether (sulfide) groups is 1. The molecule has 3 rings (SSSR count). The number of nitrogens with one attached hydrogen (secondary N) is 2. The van der Waals surface area contributed by atoms with Crippen LogP contribution in [0.4, 0.5) is 0 Å². The predicted octanol–water partition coefficient (Wildman–Crippen LogP) is 4.61. The maximum Gasteiger partial charge on any atom is 0.343 e. The van der Waals surface area contributed by atoms with Crippen LogP contribution in [0.15, 0.2) is 83.3 Å². The van der Waals surface area contributed by atoms with Gasteiger partial charge in [-0.05, 0) is 80.9 Å². The van der Waals surface area contributed by atoms with Crippen molar-refractivity contribution in [3.63, 3.8) is 0 Å². The number of ether oxygens (including phenoxy) is 3. The SMILES string of the molecule is CCOC(=O)c1ccccc1SC[C@H](NC(=O)/C(C)=C/c1ccc(C(=O)Oc2ccc(C(=N)N)cc2)cc1)C(=O)OCC. The molecule has 0 bridgehead atoms. The number of amidine groups is 1. The van der Waals surface area contributed by atoms with Gasteiger partial charge in [0.2, 0.25) is 5.91 Å². The third-order valence-corrected chi connectivity index (χ3v) is 7.09. The van der Waals surface area contributed by atoms with Gasteiger partial charge in [0.05, 0.1) is 24.3 Å². The molecule has 1 amide bonds. The van der Waals surface area contributed by atoms with Crippen molar-refractivity contribution in [3.05, 3.63) is 101 Å². The van der Waals surface area contributed by atoms with Gasteiger partial charge in [0.1, 0.15) is 17.6 Å². The Balaban J connectivity index is 1.66. The van der Waals surface area contributed by atoms with E-state index in [0.29, 0.717) is 38.5 Å². The van der Waals surface area contributed by atoms with Gasteiger partial charge in [-0.3, -0.25) is 10.2 Å². The van der Waals surface area contributed by atoms with E-state index in [1.54, 1.807) is 99.6 Å². The molecule has 0 aliphatic rings. The van der Waals surface area contributed by atoms with E-state index in [9.17, 15) is 19.2 Å². The Morgan fingerprint density at radius 1 is 0.884 bits per heavy atom. The topological polar surface area (TPSA) is 158 Å². The molecule has 0 radical (unpaired) electrons. The minimum absolute atomic E-state index is 0.0856. The zero-order valence-electron chi connectivity index (χ0n) is 24.0. The summed E-state index contributed by atoms with van der Waals surface area (Å²) in [7, 11) is 0. The zero-order valence-corrected chi connectivity index (χ0v) is 24.9. The number of carbonyl (C=O) groups excluding carboxylic acids is 4. The first-order valence-electron chi connectivity index (χ1n) is 13.4. The summed E-state index contributed by atoms with van der Waals surface area (Å²) in [5.41, 5.74) is 7.61. The lowest BCUT2D eigenvalue weighted by Crippen LogP contribution is -2.44. The van der Waals surface area contributed by atoms with Crippen molar-refractivity contribution in [2.24, 2.45) is 5.73 Å². The maximum atomic E-state index is 13.0. The van der Waals surface area contributed by atoms with Gasteiger partial charge in [-0.1, -0.05) is 24.3 Å². The molecule has 0 heterocycles. The summed E-state index contributed by atoms with van der Waals surface area (Å²) in [6.45, 7) is 5.37. The number of esters is 3. The fourth-order valence-electron chi connectivity index (χ4n) is 3.73. The molecule has 4 N–H and O–H groups in total. The Hall–Kier alpha value is -4.90. The zero-order chi connectivity index (χ0) is 31.4. The van der Waals surface area contributed by atoms with E-state index in [2.05, 4.69) is 5.32 Å². The summed E-state index contributed by atoms with van der Waals surface area (Å²) in [5.74, 6) is -1.76. The summed E-state index contributed by atoms with van der Waals surface area (Å²) in [6, 6.07) is 18.6. The van der Waals surface area contributed by atoms with E-state index in [0.717, 1.165) is 0 Å². The molecular weight excluding hydrogens is 570 g/mol. The summed E-state index contributed by atoms with van der Waals surface area (Å²) >= 11 is 1.23. The highest BCUT2D eigenvalue weighted by Crippen LogP contribution is 2.25. The number of hydrogen-bond acceptors (Lipinski definition) is 9. The fourth-order valence-corrected chi connectivity index (χ4v) is 4.77. The molecule has 0 saturated heterocycles. The van der Waals surface area contributed by atoms with Crippen LogP contribution in [0.2, 0.25) is 0 Å². The number of nitrogen functional groups attached to an aromatic ring is 1. The molecule has 10 nitrogen and oxygen atoms in total.